The molecular formula is C16H16BrClO2. The van der Waals surface area contributed by atoms with E-state index in [1.54, 1.807) is 24.3 Å². The van der Waals surface area contributed by atoms with Crippen LogP contribution in [0.3, 0.4) is 0 Å². The zero-order valence-corrected chi connectivity index (χ0v) is 13.5. The van der Waals surface area contributed by atoms with Gasteiger partial charge in [0.05, 0.1) is 0 Å². The van der Waals surface area contributed by atoms with Gasteiger partial charge in [-0.05, 0) is 57.6 Å². The Morgan fingerprint density at radius 3 is 1.90 bits per heavy atom. The molecule has 0 radical (unpaired) electrons. The Labute approximate surface area is 131 Å². The number of aliphatic hydroxyl groups is 1. The Morgan fingerprint density at radius 1 is 1.05 bits per heavy atom. The highest BCUT2D eigenvalue weighted by molar-refractivity contribution is 9.10. The van der Waals surface area contributed by atoms with Crippen molar-refractivity contribution in [2.45, 2.75) is 17.9 Å². The minimum absolute atomic E-state index is 0.0787. The van der Waals surface area contributed by atoms with Crippen LogP contribution in [-0.2, 0) is 0 Å². The normalized spacial score (nSPS) is 13.8. The number of rotatable bonds is 4. The first-order valence-corrected chi connectivity index (χ1v) is 7.52. The number of benzene rings is 2. The number of hydrogen-bond donors (Lipinski definition) is 1. The number of alkyl halides is 1. The molecule has 20 heavy (non-hydrogen) atoms. The second kappa shape index (κ2) is 6.61. The number of aliphatic hydroxyl groups excluding tert-OH is 1. The van der Waals surface area contributed by atoms with E-state index in [1.165, 1.54) is 10.4 Å². The summed E-state index contributed by atoms with van der Waals surface area (Å²) in [6, 6.07) is 15.6. The molecule has 2 aliphatic carbocycles. The Kier molecular flexibility index (Phi) is 5.08. The van der Waals surface area contributed by atoms with Crippen LogP contribution in [0.1, 0.15) is 13.3 Å². The molecule has 0 bridgehead atoms. The zero-order valence-electron chi connectivity index (χ0n) is 11.1. The number of halogens is 2. The summed E-state index contributed by atoms with van der Waals surface area (Å²) < 4.78 is 5.06. The molecule has 0 fully saturated rings. The summed E-state index contributed by atoms with van der Waals surface area (Å²) in [5.74, 6) is 0.724. The minimum atomic E-state index is -0.532. The molecule has 106 valence electrons. The lowest BCUT2D eigenvalue weighted by atomic mass is 10.1. The van der Waals surface area contributed by atoms with Gasteiger partial charge in [-0.2, -0.15) is 0 Å². The average molecular weight is 356 g/mol. The van der Waals surface area contributed by atoms with Gasteiger partial charge in [-0.1, -0.05) is 35.9 Å². The highest BCUT2D eigenvalue weighted by Gasteiger charge is 2.21. The molecule has 0 saturated carbocycles. The smallest absolute Gasteiger partial charge is 0.162 e. The van der Waals surface area contributed by atoms with Crippen LogP contribution < -0.4 is 4.74 Å². The van der Waals surface area contributed by atoms with Crippen LogP contribution in [0.4, 0.5) is 0 Å². The molecule has 0 amide bonds. The topological polar surface area (TPSA) is 29.5 Å². The van der Waals surface area contributed by atoms with E-state index in [-0.39, 0.29) is 6.61 Å². The van der Waals surface area contributed by atoms with Gasteiger partial charge in [0.15, 0.2) is 4.51 Å². The lowest BCUT2D eigenvalue weighted by Gasteiger charge is -2.23. The first-order valence-electron chi connectivity index (χ1n) is 6.35. The Hall–Kier alpha value is -1.03. The van der Waals surface area contributed by atoms with Crippen LogP contribution in [0.5, 0.6) is 5.75 Å². The number of hydrogen-bond acceptors (Lipinski definition) is 2. The van der Waals surface area contributed by atoms with Gasteiger partial charge < -0.3 is 9.84 Å². The second-order valence-corrected chi connectivity index (χ2v) is 6.82. The monoisotopic (exact) mass is 354 g/mol. The molecule has 2 nitrogen and oxygen atoms in total. The van der Waals surface area contributed by atoms with Crippen molar-refractivity contribution in [3.8, 4) is 5.75 Å². The highest BCUT2D eigenvalue weighted by Crippen LogP contribution is 2.27. The maximum absolute atomic E-state index is 8.79. The lowest BCUT2D eigenvalue weighted by molar-refractivity contribution is 0.147. The van der Waals surface area contributed by atoms with E-state index in [0.717, 1.165) is 5.75 Å². The van der Waals surface area contributed by atoms with Gasteiger partial charge in [0, 0.05) is 18.1 Å². The molecule has 1 aromatic carbocycles. The van der Waals surface area contributed by atoms with Crippen molar-refractivity contribution in [3.63, 3.8) is 0 Å². The van der Waals surface area contributed by atoms with Gasteiger partial charge in [0.1, 0.15) is 5.75 Å². The summed E-state index contributed by atoms with van der Waals surface area (Å²) in [5.41, 5.74) is 0. The molecule has 4 heteroatoms. The van der Waals surface area contributed by atoms with Crippen molar-refractivity contribution in [1.29, 1.82) is 0 Å². The van der Waals surface area contributed by atoms with Crippen molar-refractivity contribution in [2.75, 3.05) is 6.61 Å². The van der Waals surface area contributed by atoms with E-state index in [2.05, 4.69) is 40.2 Å². The predicted octanol–water partition coefficient (Wildman–Crippen LogP) is 4.50. The van der Waals surface area contributed by atoms with Crippen LogP contribution in [0, 0.1) is 10.4 Å². The molecule has 3 rings (SSSR count). The van der Waals surface area contributed by atoms with E-state index in [9.17, 15) is 0 Å². The fourth-order valence-corrected chi connectivity index (χ4v) is 2.15. The van der Waals surface area contributed by atoms with Gasteiger partial charge in [-0.3, -0.25) is 0 Å². The van der Waals surface area contributed by atoms with E-state index < -0.39 is 4.51 Å². The fourth-order valence-electron chi connectivity index (χ4n) is 1.66. The first-order chi connectivity index (χ1) is 9.50. The molecule has 1 N–H and O–H groups in total. The van der Waals surface area contributed by atoms with Crippen LogP contribution in [0.25, 0.3) is 0 Å². The van der Waals surface area contributed by atoms with Crippen molar-refractivity contribution in [3.05, 3.63) is 64.0 Å². The summed E-state index contributed by atoms with van der Waals surface area (Å²) >= 11 is 9.12. The molecule has 1 unspecified atom stereocenters. The molecule has 0 aliphatic heterocycles. The third-order valence-corrected chi connectivity index (χ3v) is 3.73. The molecule has 0 spiro atoms. The van der Waals surface area contributed by atoms with Gasteiger partial charge in [-0.25, -0.2) is 0 Å². The molecule has 1 aromatic rings. The first kappa shape index (κ1) is 15.4. The van der Waals surface area contributed by atoms with Crippen LogP contribution >= 0.6 is 27.5 Å². The van der Waals surface area contributed by atoms with Gasteiger partial charge in [0.25, 0.3) is 0 Å². The molecule has 1 atom stereocenters. The molecule has 2 aliphatic rings. The summed E-state index contributed by atoms with van der Waals surface area (Å²) in [6.45, 7) is 1.94. The molecule has 0 heterocycles. The highest BCUT2D eigenvalue weighted by atomic mass is 79.9. The summed E-state index contributed by atoms with van der Waals surface area (Å²) in [4.78, 5) is 0. The Bertz CT molecular complexity index is 603. The van der Waals surface area contributed by atoms with Crippen molar-refractivity contribution in [2.24, 2.45) is 0 Å². The summed E-state index contributed by atoms with van der Waals surface area (Å²) in [7, 11) is 0. The van der Waals surface area contributed by atoms with Crippen LogP contribution in [0.15, 0.2) is 48.5 Å². The maximum Gasteiger partial charge on any atom is 0.162 e. The van der Waals surface area contributed by atoms with E-state index >= 15 is 0 Å². The standard InChI is InChI=1S/C10H12BrClO2.C6H4/c1-10(11,6-7-13)14-9-4-2-8(12)3-5-9;1-2-6-4-3-5(1)6/h2-5,13H,6-7H2,1H3;1-4H. The van der Waals surface area contributed by atoms with E-state index in [1.807, 2.05) is 6.92 Å². The Morgan fingerprint density at radius 2 is 1.55 bits per heavy atom. The maximum atomic E-state index is 8.79. The van der Waals surface area contributed by atoms with Gasteiger partial charge in [0.2, 0.25) is 0 Å². The Balaban J connectivity index is 0.000000198. The lowest BCUT2D eigenvalue weighted by Crippen LogP contribution is -2.25. The minimum Gasteiger partial charge on any atom is -0.476 e. The van der Waals surface area contributed by atoms with Crippen molar-refractivity contribution in [1.82, 2.24) is 0 Å². The third kappa shape index (κ3) is 4.23. The van der Waals surface area contributed by atoms with E-state index in [4.69, 9.17) is 21.4 Å². The van der Waals surface area contributed by atoms with Crippen LogP contribution in [0.2, 0.25) is 5.02 Å². The van der Waals surface area contributed by atoms with Gasteiger partial charge >= 0.3 is 0 Å². The molecular weight excluding hydrogens is 340 g/mol. The average Bonchev–Trinajstić information content (AvgIpc) is 2.37. The second-order valence-electron chi connectivity index (χ2n) is 4.71. The molecule has 0 saturated heterocycles. The predicted molar refractivity (Wildman–Crippen MR) is 85.2 cm³/mol. The van der Waals surface area contributed by atoms with Crippen LogP contribution in [-0.4, -0.2) is 16.2 Å². The number of ether oxygens (including phenoxy) is 1. The SMILES string of the molecule is CC(Br)(CCO)Oc1ccc(Cl)cc1.c1cc2ccc1=2. The van der Waals surface area contributed by atoms with Gasteiger partial charge in [-0.15, -0.1) is 0 Å². The fraction of sp³-hybridized carbons (Fsp3) is 0.250. The quantitative estimate of drug-likeness (QED) is 0.698. The third-order valence-electron chi connectivity index (χ3n) is 2.92. The summed E-state index contributed by atoms with van der Waals surface area (Å²) in [6.07, 6.45) is 0.523. The zero-order chi connectivity index (χ0) is 14.6. The van der Waals surface area contributed by atoms with Crippen molar-refractivity contribution >= 4 is 27.5 Å². The van der Waals surface area contributed by atoms with Crippen molar-refractivity contribution < 1.29 is 9.84 Å². The largest absolute Gasteiger partial charge is 0.476 e. The molecule has 0 aromatic heterocycles. The van der Waals surface area contributed by atoms with E-state index in [0.29, 0.717) is 11.4 Å². The summed E-state index contributed by atoms with van der Waals surface area (Å²) in [5, 5.41) is 12.3.